The number of piperidine rings is 1. The van der Waals surface area contributed by atoms with Gasteiger partial charge < -0.3 is 5.32 Å². The lowest BCUT2D eigenvalue weighted by Gasteiger charge is -2.31. The zero-order valence-electron chi connectivity index (χ0n) is 12.6. The fourth-order valence-electron chi connectivity index (χ4n) is 3.40. The Morgan fingerprint density at radius 3 is 2.48 bits per heavy atom. The van der Waals surface area contributed by atoms with E-state index in [-0.39, 0.29) is 6.04 Å². The van der Waals surface area contributed by atoms with Crippen LogP contribution in [-0.2, 0) is 22.9 Å². The van der Waals surface area contributed by atoms with Gasteiger partial charge in [-0.2, -0.15) is 4.31 Å². The van der Waals surface area contributed by atoms with Crippen LogP contribution in [-0.4, -0.2) is 38.9 Å². The van der Waals surface area contributed by atoms with E-state index < -0.39 is 10.0 Å². The minimum atomic E-state index is -3.37. The number of hydrogen-bond donors (Lipinski definition) is 1. The van der Waals surface area contributed by atoms with Crippen molar-refractivity contribution in [1.82, 2.24) is 9.62 Å². The summed E-state index contributed by atoms with van der Waals surface area (Å²) < 4.78 is 27.2. The van der Waals surface area contributed by atoms with E-state index in [1.807, 2.05) is 12.1 Å². The second kappa shape index (κ2) is 6.07. The molecule has 1 aliphatic heterocycles. The van der Waals surface area contributed by atoms with Crippen molar-refractivity contribution in [3.05, 3.63) is 29.3 Å². The molecule has 0 saturated carbocycles. The molecule has 0 atom stereocenters. The monoisotopic (exact) mass is 308 g/mol. The molecule has 0 radical (unpaired) electrons. The van der Waals surface area contributed by atoms with Gasteiger partial charge in [-0.1, -0.05) is 6.07 Å². The molecule has 1 aromatic carbocycles. The van der Waals surface area contributed by atoms with Crippen LogP contribution in [0.1, 0.15) is 36.8 Å². The lowest BCUT2D eigenvalue weighted by atomic mass is 9.92. The van der Waals surface area contributed by atoms with Crippen molar-refractivity contribution in [3.8, 4) is 0 Å². The van der Waals surface area contributed by atoms with Gasteiger partial charge >= 0.3 is 0 Å². The minimum absolute atomic E-state index is 0.118. The summed E-state index contributed by atoms with van der Waals surface area (Å²) in [5.41, 5.74) is 2.55. The van der Waals surface area contributed by atoms with Gasteiger partial charge in [-0.15, -0.1) is 0 Å². The Labute approximate surface area is 127 Å². The second-order valence-corrected chi connectivity index (χ2v) is 8.14. The molecule has 4 nitrogen and oxygen atoms in total. The van der Waals surface area contributed by atoms with Crippen LogP contribution in [0.4, 0.5) is 0 Å². The molecule has 1 N–H and O–H groups in total. The fraction of sp³-hybridized carbons (Fsp3) is 0.625. The molecule has 1 aliphatic carbocycles. The van der Waals surface area contributed by atoms with Gasteiger partial charge in [-0.25, -0.2) is 8.42 Å². The summed E-state index contributed by atoms with van der Waals surface area (Å²) in [6, 6.07) is 5.82. The second-order valence-electron chi connectivity index (χ2n) is 6.14. The Bertz CT molecular complexity index is 607. The highest BCUT2D eigenvalue weighted by molar-refractivity contribution is 7.89. The highest BCUT2D eigenvalue weighted by atomic mass is 32.2. The highest BCUT2D eigenvalue weighted by Gasteiger charge is 2.29. The number of sulfonamides is 1. The average Bonchev–Trinajstić information content (AvgIpc) is 2.54. The van der Waals surface area contributed by atoms with Crippen LogP contribution in [0.3, 0.4) is 0 Å². The summed E-state index contributed by atoms with van der Waals surface area (Å²) in [7, 11) is -1.64. The normalized spacial score (nSPS) is 20.5. The van der Waals surface area contributed by atoms with Crippen molar-refractivity contribution in [2.24, 2.45) is 0 Å². The van der Waals surface area contributed by atoms with Gasteiger partial charge in [0.15, 0.2) is 0 Å². The molecule has 2 aliphatic rings. The van der Waals surface area contributed by atoms with E-state index in [1.165, 1.54) is 24.0 Å². The molecule has 116 valence electrons. The first-order valence-electron chi connectivity index (χ1n) is 7.89. The predicted molar refractivity (Wildman–Crippen MR) is 83.9 cm³/mol. The van der Waals surface area contributed by atoms with E-state index in [9.17, 15) is 8.42 Å². The van der Waals surface area contributed by atoms with Crippen molar-refractivity contribution < 1.29 is 8.42 Å². The molecule has 0 amide bonds. The summed E-state index contributed by atoms with van der Waals surface area (Å²) in [4.78, 5) is 0.462. The predicted octanol–water partition coefficient (Wildman–Crippen LogP) is 1.94. The van der Waals surface area contributed by atoms with Crippen LogP contribution in [0.25, 0.3) is 0 Å². The Morgan fingerprint density at radius 1 is 1.10 bits per heavy atom. The summed E-state index contributed by atoms with van der Waals surface area (Å²) in [6.45, 7) is 1.80. The Balaban J connectivity index is 1.86. The highest BCUT2D eigenvalue weighted by Crippen LogP contribution is 2.27. The number of hydrogen-bond acceptors (Lipinski definition) is 3. The quantitative estimate of drug-likeness (QED) is 0.928. The van der Waals surface area contributed by atoms with Gasteiger partial charge in [0.2, 0.25) is 10.0 Å². The van der Waals surface area contributed by atoms with Gasteiger partial charge in [0.1, 0.15) is 0 Å². The van der Waals surface area contributed by atoms with Crippen LogP contribution < -0.4 is 5.32 Å². The van der Waals surface area contributed by atoms with Gasteiger partial charge in [0, 0.05) is 13.1 Å². The summed E-state index contributed by atoms with van der Waals surface area (Å²) in [5, 5.41) is 3.28. The molecule has 0 aromatic heterocycles. The molecule has 0 spiro atoms. The molecule has 3 rings (SSSR count). The molecule has 21 heavy (non-hydrogen) atoms. The van der Waals surface area contributed by atoms with E-state index in [0.717, 1.165) is 38.8 Å². The maximum absolute atomic E-state index is 12.8. The molecule has 1 aromatic rings. The maximum atomic E-state index is 12.8. The van der Waals surface area contributed by atoms with Crippen molar-refractivity contribution in [1.29, 1.82) is 0 Å². The molecule has 0 unspecified atom stereocenters. The third kappa shape index (κ3) is 3.00. The van der Waals surface area contributed by atoms with E-state index in [4.69, 9.17) is 0 Å². The van der Waals surface area contributed by atoms with Crippen LogP contribution in [0.5, 0.6) is 0 Å². The van der Waals surface area contributed by atoms with Crippen molar-refractivity contribution in [3.63, 3.8) is 0 Å². The van der Waals surface area contributed by atoms with Crippen molar-refractivity contribution in [2.75, 3.05) is 20.1 Å². The maximum Gasteiger partial charge on any atom is 0.243 e. The third-order valence-electron chi connectivity index (χ3n) is 4.82. The van der Waals surface area contributed by atoms with E-state index in [1.54, 1.807) is 17.4 Å². The summed E-state index contributed by atoms with van der Waals surface area (Å²) in [5.74, 6) is 0. The van der Waals surface area contributed by atoms with Crippen LogP contribution in [0.2, 0.25) is 0 Å². The van der Waals surface area contributed by atoms with E-state index in [0.29, 0.717) is 4.90 Å². The minimum Gasteiger partial charge on any atom is -0.317 e. The first-order valence-corrected chi connectivity index (χ1v) is 9.33. The molecular formula is C16H24N2O2S. The van der Waals surface area contributed by atoms with Crippen molar-refractivity contribution >= 4 is 10.0 Å². The zero-order chi connectivity index (χ0) is 14.9. The average molecular weight is 308 g/mol. The van der Waals surface area contributed by atoms with Crippen LogP contribution in [0.15, 0.2) is 23.1 Å². The molecule has 0 bridgehead atoms. The Hall–Kier alpha value is -0.910. The van der Waals surface area contributed by atoms with E-state index in [2.05, 4.69) is 5.32 Å². The van der Waals surface area contributed by atoms with Crippen molar-refractivity contribution in [2.45, 2.75) is 49.5 Å². The number of nitrogens with one attached hydrogen (secondary N) is 1. The standard InChI is InChI=1S/C16H24N2O2S/c1-18(15-8-10-17-11-9-15)21(19,20)16-7-6-13-4-2-3-5-14(13)12-16/h6-7,12,15,17H,2-5,8-11H2,1H3. The van der Waals surface area contributed by atoms with Gasteiger partial charge in [0.25, 0.3) is 0 Å². The third-order valence-corrected chi connectivity index (χ3v) is 6.73. The molecule has 1 saturated heterocycles. The number of rotatable bonds is 3. The number of nitrogens with zero attached hydrogens (tertiary/aromatic N) is 1. The van der Waals surface area contributed by atoms with E-state index >= 15 is 0 Å². The Kier molecular flexibility index (Phi) is 4.33. The molecule has 1 fully saturated rings. The molecular weight excluding hydrogens is 284 g/mol. The first-order chi connectivity index (χ1) is 10.1. The lowest BCUT2D eigenvalue weighted by molar-refractivity contribution is 0.296. The number of aryl methyl sites for hydroxylation is 2. The van der Waals surface area contributed by atoms with Gasteiger partial charge in [0.05, 0.1) is 4.90 Å². The zero-order valence-corrected chi connectivity index (χ0v) is 13.5. The summed E-state index contributed by atoms with van der Waals surface area (Å²) >= 11 is 0. The smallest absolute Gasteiger partial charge is 0.243 e. The Morgan fingerprint density at radius 2 is 1.76 bits per heavy atom. The summed E-state index contributed by atoms with van der Waals surface area (Å²) in [6.07, 6.45) is 6.26. The first kappa shape index (κ1) is 15.0. The van der Waals surface area contributed by atoms with Crippen LogP contribution in [0, 0.1) is 0 Å². The number of fused-ring (bicyclic) bond motifs is 1. The number of benzene rings is 1. The molecule has 1 heterocycles. The topological polar surface area (TPSA) is 49.4 Å². The lowest BCUT2D eigenvalue weighted by Crippen LogP contribution is -2.43. The molecule has 5 heteroatoms. The SMILES string of the molecule is CN(C1CCNCC1)S(=O)(=O)c1ccc2c(c1)CCCC2. The van der Waals surface area contributed by atoms with Gasteiger partial charge in [-0.3, -0.25) is 0 Å². The van der Waals surface area contributed by atoms with Gasteiger partial charge in [-0.05, 0) is 74.9 Å². The largest absolute Gasteiger partial charge is 0.317 e. The van der Waals surface area contributed by atoms with Crippen LogP contribution >= 0.6 is 0 Å². The fourth-order valence-corrected chi connectivity index (χ4v) is 4.87.